The lowest BCUT2D eigenvalue weighted by Gasteiger charge is -2.12. The molecule has 3 heteroatoms. The van der Waals surface area contributed by atoms with Crippen LogP contribution in [0, 0.1) is 6.92 Å². The highest BCUT2D eigenvalue weighted by Gasteiger charge is 2.10. The molecule has 0 bridgehead atoms. The fraction of sp³-hybridized carbons (Fsp3) is 0.308. The van der Waals surface area contributed by atoms with Gasteiger partial charge in [0.15, 0.2) is 0 Å². The first-order valence-corrected chi connectivity index (χ1v) is 5.73. The number of hydrogen-bond donors (Lipinski definition) is 1. The molecule has 0 fully saturated rings. The van der Waals surface area contributed by atoms with Crippen molar-refractivity contribution >= 4 is 28.3 Å². The molecule has 84 valence electrons. The Labute approximate surface area is 100 Å². The summed E-state index contributed by atoms with van der Waals surface area (Å²) in [6.07, 6.45) is 0. The van der Waals surface area contributed by atoms with E-state index in [0.717, 1.165) is 27.1 Å². The molecule has 0 saturated heterocycles. The van der Waals surface area contributed by atoms with Crippen molar-refractivity contribution in [3.05, 3.63) is 34.3 Å². The van der Waals surface area contributed by atoms with Gasteiger partial charge in [-0.2, -0.15) is 0 Å². The Balaban J connectivity index is 2.84. The minimum atomic E-state index is 0.355. The van der Waals surface area contributed by atoms with Crippen LogP contribution in [0.1, 0.15) is 30.9 Å². The Bertz CT molecular complexity index is 547. The van der Waals surface area contributed by atoms with Gasteiger partial charge in [0, 0.05) is 10.4 Å². The van der Waals surface area contributed by atoms with Gasteiger partial charge in [0.2, 0.25) is 0 Å². The van der Waals surface area contributed by atoms with Crippen molar-refractivity contribution in [1.29, 1.82) is 0 Å². The van der Waals surface area contributed by atoms with Crippen molar-refractivity contribution in [1.82, 2.24) is 4.98 Å². The fourth-order valence-corrected chi connectivity index (χ4v) is 2.06. The zero-order valence-electron chi connectivity index (χ0n) is 9.71. The van der Waals surface area contributed by atoms with E-state index in [1.54, 1.807) is 0 Å². The second kappa shape index (κ2) is 3.95. The Morgan fingerprint density at radius 3 is 2.62 bits per heavy atom. The van der Waals surface area contributed by atoms with Crippen LogP contribution in [-0.2, 0) is 0 Å². The highest BCUT2D eigenvalue weighted by molar-refractivity contribution is 6.35. The number of fused-ring (bicyclic) bond motifs is 1. The van der Waals surface area contributed by atoms with Gasteiger partial charge in [-0.05, 0) is 36.1 Å². The van der Waals surface area contributed by atoms with Gasteiger partial charge >= 0.3 is 0 Å². The Morgan fingerprint density at radius 1 is 1.31 bits per heavy atom. The highest BCUT2D eigenvalue weighted by atomic mass is 35.5. The van der Waals surface area contributed by atoms with Crippen LogP contribution in [0.4, 0.5) is 5.82 Å². The van der Waals surface area contributed by atoms with Crippen LogP contribution in [0.5, 0.6) is 0 Å². The van der Waals surface area contributed by atoms with E-state index in [0.29, 0.717) is 11.7 Å². The van der Waals surface area contributed by atoms with Gasteiger partial charge in [-0.1, -0.05) is 31.5 Å². The van der Waals surface area contributed by atoms with Crippen molar-refractivity contribution in [2.24, 2.45) is 0 Å². The quantitative estimate of drug-likeness (QED) is 0.813. The van der Waals surface area contributed by atoms with Crippen molar-refractivity contribution in [2.45, 2.75) is 26.7 Å². The molecule has 0 unspecified atom stereocenters. The molecule has 0 aliphatic heterocycles. The predicted octanol–water partition coefficient (Wildman–Crippen LogP) is 3.90. The molecule has 0 saturated carbocycles. The molecule has 2 N–H and O–H groups in total. The number of anilines is 1. The van der Waals surface area contributed by atoms with Crippen LogP contribution < -0.4 is 5.73 Å². The molecule has 1 aromatic heterocycles. The van der Waals surface area contributed by atoms with E-state index in [4.69, 9.17) is 17.3 Å². The molecule has 0 amide bonds. The number of halogens is 1. The van der Waals surface area contributed by atoms with Crippen LogP contribution in [0.3, 0.4) is 0 Å². The summed E-state index contributed by atoms with van der Waals surface area (Å²) in [6, 6.07) is 5.92. The molecular weight excluding hydrogens is 220 g/mol. The first kappa shape index (κ1) is 11.2. The number of benzene rings is 1. The number of nitrogens with two attached hydrogens (primary N) is 1. The summed E-state index contributed by atoms with van der Waals surface area (Å²) in [6.45, 7) is 6.21. The van der Waals surface area contributed by atoms with Crippen LogP contribution in [-0.4, -0.2) is 4.98 Å². The number of aryl methyl sites for hydroxylation is 1. The zero-order chi connectivity index (χ0) is 11.9. The molecule has 2 aromatic rings. The highest BCUT2D eigenvalue weighted by Crippen LogP contribution is 2.30. The van der Waals surface area contributed by atoms with E-state index in [2.05, 4.69) is 24.9 Å². The van der Waals surface area contributed by atoms with Gasteiger partial charge in [-0.25, -0.2) is 4.98 Å². The van der Waals surface area contributed by atoms with Gasteiger partial charge in [-0.3, -0.25) is 0 Å². The third-order valence-electron chi connectivity index (χ3n) is 2.82. The molecule has 0 aliphatic rings. The van der Waals surface area contributed by atoms with Crippen LogP contribution in [0.2, 0.25) is 5.02 Å². The maximum Gasteiger partial charge on any atom is 0.127 e. The fourth-order valence-electron chi connectivity index (χ4n) is 1.85. The lowest BCUT2D eigenvalue weighted by molar-refractivity contribution is 0.866. The Kier molecular flexibility index (Phi) is 2.76. The molecule has 0 radical (unpaired) electrons. The monoisotopic (exact) mass is 234 g/mol. The van der Waals surface area contributed by atoms with Gasteiger partial charge in [0.1, 0.15) is 5.82 Å². The van der Waals surface area contributed by atoms with E-state index >= 15 is 0 Å². The molecule has 16 heavy (non-hydrogen) atoms. The average molecular weight is 235 g/mol. The number of nitrogen functional groups attached to an aromatic ring is 1. The minimum absolute atomic E-state index is 0.355. The molecule has 0 atom stereocenters. The third kappa shape index (κ3) is 1.74. The molecule has 0 aliphatic carbocycles. The lowest BCUT2D eigenvalue weighted by Crippen LogP contribution is -2.00. The maximum absolute atomic E-state index is 6.18. The molecule has 1 aromatic carbocycles. The summed E-state index contributed by atoms with van der Waals surface area (Å²) in [4.78, 5) is 4.45. The average Bonchev–Trinajstić information content (AvgIpc) is 2.23. The van der Waals surface area contributed by atoms with E-state index in [1.165, 1.54) is 0 Å². The SMILES string of the molecule is Cc1ccc(Cl)c2cc(C(C)C)c(N)nc12. The number of rotatable bonds is 1. The van der Waals surface area contributed by atoms with Crippen molar-refractivity contribution in [2.75, 3.05) is 5.73 Å². The second-order valence-electron chi connectivity index (χ2n) is 4.38. The minimum Gasteiger partial charge on any atom is -0.383 e. The van der Waals surface area contributed by atoms with Crippen molar-refractivity contribution < 1.29 is 0 Å². The van der Waals surface area contributed by atoms with Crippen molar-refractivity contribution in [3.8, 4) is 0 Å². The third-order valence-corrected chi connectivity index (χ3v) is 3.15. The summed E-state index contributed by atoms with van der Waals surface area (Å²) in [5, 5.41) is 1.72. The summed E-state index contributed by atoms with van der Waals surface area (Å²) in [5.74, 6) is 0.960. The zero-order valence-corrected chi connectivity index (χ0v) is 10.5. The molecule has 2 rings (SSSR count). The lowest BCUT2D eigenvalue weighted by atomic mass is 10.0. The summed E-state index contributed by atoms with van der Waals surface area (Å²) < 4.78 is 0. The number of hydrogen-bond acceptors (Lipinski definition) is 2. The molecule has 0 spiro atoms. The summed E-state index contributed by atoms with van der Waals surface area (Å²) in [5.41, 5.74) is 9.00. The van der Waals surface area contributed by atoms with Crippen LogP contribution >= 0.6 is 11.6 Å². The molecule has 1 heterocycles. The number of pyridine rings is 1. The van der Waals surface area contributed by atoms with Gasteiger partial charge in [-0.15, -0.1) is 0 Å². The largest absolute Gasteiger partial charge is 0.383 e. The van der Waals surface area contributed by atoms with Crippen molar-refractivity contribution in [3.63, 3.8) is 0 Å². The Hall–Kier alpha value is -1.28. The molecule has 2 nitrogen and oxygen atoms in total. The first-order valence-electron chi connectivity index (χ1n) is 5.36. The van der Waals surface area contributed by atoms with E-state index in [9.17, 15) is 0 Å². The van der Waals surface area contributed by atoms with Crippen LogP contribution in [0.15, 0.2) is 18.2 Å². The van der Waals surface area contributed by atoms with Gasteiger partial charge in [0.05, 0.1) is 5.52 Å². The number of nitrogens with zero attached hydrogens (tertiary/aromatic N) is 1. The molecular formula is C13H15ClN2. The normalized spacial score (nSPS) is 11.3. The van der Waals surface area contributed by atoms with Gasteiger partial charge in [0.25, 0.3) is 0 Å². The van der Waals surface area contributed by atoms with Crippen LogP contribution in [0.25, 0.3) is 10.9 Å². The van der Waals surface area contributed by atoms with Gasteiger partial charge < -0.3 is 5.73 Å². The van der Waals surface area contributed by atoms with E-state index < -0.39 is 0 Å². The standard InChI is InChI=1S/C13H15ClN2/c1-7(2)9-6-10-11(14)5-4-8(3)12(10)16-13(9)15/h4-7H,1-3H3,(H2,15,16). The topological polar surface area (TPSA) is 38.9 Å². The maximum atomic E-state index is 6.18. The van der Waals surface area contributed by atoms with E-state index in [-0.39, 0.29) is 0 Å². The number of aromatic nitrogens is 1. The second-order valence-corrected chi connectivity index (χ2v) is 4.79. The van der Waals surface area contributed by atoms with E-state index in [1.807, 2.05) is 19.1 Å². The summed E-state index contributed by atoms with van der Waals surface area (Å²) in [7, 11) is 0. The summed E-state index contributed by atoms with van der Waals surface area (Å²) >= 11 is 6.18. The first-order chi connectivity index (χ1) is 7.50. The predicted molar refractivity (Wildman–Crippen MR) is 70.0 cm³/mol. The Morgan fingerprint density at radius 2 is 2.00 bits per heavy atom. The smallest absolute Gasteiger partial charge is 0.127 e.